The van der Waals surface area contributed by atoms with Crippen LogP contribution in [0.5, 0.6) is 0 Å². The van der Waals surface area contributed by atoms with E-state index in [1.54, 1.807) is 0 Å². The van der Waals surface area contributed by atoms with E-state index in [1.165, 1.54) is 0 Å². The molecule has 0 heterocycles. The first-order valence-electron chi connectivity index (χ1n) is 8.74. The highest BCUT2D eigenvalue weighted by atomic mass is 19.4. The highest BCUT2D eigenvalue weighted by Gasteiger charge is 2.75. The molecule has 0 radical (unpaired) electrons. The quantitative estimate of drug-likeness (QED) is 0.184. The number of aliphatic hydroxyl groups excluding tert-OH is 2. The monoisotopic (exact) mass is 618 g/mol. The number of aliphatic hydroxyl groups is 2. The second-order valence-electron chi connectivity index (χ2n) is 6.60. The molecule has 0 aliphatic rings. The highest BCUT2D eigenvalue weighted by molar-refractivity contribution is 4.92. The van der Waals surface area contributed by atoms with Crippen LogP contribution in [-0.2, 0) is 18.9 Å². The normalized spacial score (nSPS) is 17.1. The van der Waals surface area contributed by atoms with Gasteiger partial charge in [0, 0.05) is 0 Å². The Kier molecular flexibility index (Phi) is 11.1. The van der Waals surface area contributed by atoms with E-state index in [1.807, 2.05) is 0 Å². The van der Waals surface area contributed by atoms with Crippen molar-refractivity contribution in [2.24, 2.45) is 0 Å². The fourth-order valence-corrected chi connectivity index (χ4v) is 1.66. The molecular weight excluding hydrogens is 606 g/mol. The lowest BCUT2D eigenvalue weighted by Crippen LogP contribution is -2.59. The Bertz CT molecular complexity index is 700. The van der Waals surface area contributed by atoms with Crippen LogP contribution in [0.3, 0.4) is 0 Å². The Balaban J connectivity index is 5.17. The lowest BCUT2D eigenvalue weighted by atomic mass is 10.1. The van der Waals surface area contributed by atoms with Gasteiger partial charge in [0.05, 0.1) is 13.2 Å². The molecule has 0 amide bonds. The van der Waals surface area contributed by atoms with Gasteiger partial charge in [0.2, 0.25) is 0 Å². The molecule has 6 nitrogen and oxygen atoms in total. The molecule has 38 heavy (non-hydrogen) atoms. The van der Waals surface area contributed by atoms with E-state index in [-0.39, 0.29) is 0 Å². The predicted octanol–water partition coefficient (Wildman–Crippen LogP) is 4.54. The maximum absolute atomic E-state index is 13.2. The summed E-state index contributed by atoms with van der Waals surface area (Å²) in [6.45, 7) is -10.5. The van der Waals surface area contributed by atoms with Gasteiger partial charge in [-0.15, -0.1) is 0 Å². The van der Waals surface area contributed by atoms with Gasteiger partial charge in [-0.1, -0.05) is 0 Å². The van der Waals surface area contributed by atoms with Crippen molar-refractivity contribution >= 4 is 0 Å². The summed E-state index contributed by atoms with van der Waals surface area (Å²) in [7, 11) is 0. The topological polar surface area (TPSA) is 77.4 Å². The van der Waals surface area contributed by atoms with Crippen LogP contribution < -0.4 is 0 Å². The first kappa shape index (κ1) is 36.5. The molecule has 0 saturated carbocycles. The van der Waals surface area contributed by atoms with Gasteiger partial charge in [0.1, 0.15) is 13.2 Å². The lowest BCUT2D eigenvalue weighted by Gasteiger charge is -2.33. The number of ether oxygens (including phenoxy) is 4. The van der Waals surface area contributed by atoms with Crippen LogP contribution >= 0.6 is 0 Å². The summed E-state index contributed by atoms with van der Waals surface area (Å²) in [4.78, 5) is 0. The smallest absolute Gasteiger partial charge is 0.390 e. The minimum absolute atomic E-state index is 2.20. The van der Waals surface area contributed by atoms with Gasteiger partial charge in [0.25, 0.3) is 12.7 Å². The molecule has 2 N–H and O–H groups in total. The van der Waals surface area contributed by atoms with Gasteiger partial charge in [-0.2, -0.15) is 70.2 Å². The largest absolute Gasteiger partial charge is 0.428 e. The van der Waals surface area contributed by atoms with Gasteiger partial charge < -0.3 is 19.7 Å². The maximum Gasteiger partial charge on any atom is 0.428 e. The summed E-state index contributed by atoms with van der Waals surface area (Å²) in [5.41, 5.74) is 0. The van der Waals surface area contributed by atoms with Crippen molar-refractivity contribution in [3.8, 4) is 0 Å². The number of hydrogen-bond acceptors (Lipinski definition) is 6. The van der Waals surface area contributed by atoms with Crippen molar-refractivity contribution in [3.05, 3.63) is 0 Å². The zero-order valence-electron chi connectivity index (χ0n) is 17.3. The standard InChI is InChI=1S/C14H12F18O6/c15-5(37-13(29,30)11(25,26)7(17,18)3-33)9(21,22)35-1-2-36-10(23,24)6(16)38-14(31,32)12(27,28)8(19,20)4-34/h5-6,33-34H,1-4H2. The molecule has 0 aliphatic heterocycles. The number of halogens is 18. The Morgan fingerprint density at radius 1 is 0.474 bits per heavy atom. The number of rotatable bonds is 17. The van der Waals surface area contributed by atoms with Crippen LogP contribution in [0.15, 0.2) is 0 Å². The zero-order valence-corrected chi connectivity index (χ0v) is 17.3. The molecule has 0 rings (SSSR count). The average molecular weight is 618 g/mol. The number of hydrogen-bond donors (Lipinski definition) is 2. The van der Waals surface area contributed by atoms with E-state index in [2.05, 4.69) is 18.9 Å². The summed E-state index contributed by atoms with van der Waals surface area (Å²) in [6.07, 6.45) is -35.6. The Morgan fingerprint density at radius 3 is 0.921 bits per heavy atom. The van der Waals surface area contributed by atoms with Gasteiger partial charge in [-0.3, -0.25) is 9.47 Å². The SMILES string of the molecule is OCC(F)(F)C(F)(F)C(F)(F)OC(F)C(F)(F)OCCOC(F)(F)C(F)OC(F)(F)C(F)(F)C(F)(F)CO. The van der Waals surface area contributed by atoms with Gasteiger partial charge in [-0.25, -0.2) is 8.78 Å². The van der Waals surface area contributed by atoms with Gasteiger partial charge in [0.15, 0.2) is 0 Å². The molecule has 0 aromatic rings. The first-order valence-corrected chi connectivity index (χ1v) is 8.74. The maximum atomic E-state index is 13.2. The van der Waals surface area contributed by atoms with E-state index < -0.39 is 87.3 Å². The third-order valence-electron chi connectivity index (χ3n) is 3.75. The van der Waals surface area contributed by atoms with Crippen LogP contribution in [0, 0.1) is 0 Å². The fourth-order valence-electron chi connectivity index (χ4n) is 1.66. The zero-order chi connectivity index (χ0) is 30.8. The summed E-state index contributed by atoms with van der Waals surface area (Å²) >= 11 is 0. The van der Waals surface area contributed by atoms with Crippen molar-refractivity contribution in [2.45, 2.75) is 60.8 Å². The second kappa shape index (κ2) is 11.5. The Morgan fingerprint density at radius 2 is 0.711 bits per heavy atom. The van der Waals surface area contributed by atoms with Crippen LogP contribution in [0.4, 0.5) is 79.0 Å². The third kappa shape index (κ3) is 7.57. The fraction of sp³-hybridized carbons (Fsp3) is 1.00. The average Bonchev–Trinajstić information content (AvgIpc) is 2.75. The van der Waals surface area contributed by atoms with Crippen LogP contribution in [-0.4, -0.2) is 97.5 Å². The summed E-state index contributed by atoms with van der Waals surface area (Å²) in [5, 5.41) is 15.9. The van der Waals surface area contributed by atoms with Gasteiger partial charge >= 0.3 is 48.1 Å². The Labute approximate surface area is 197 Å². The minimum atomic E-state index is -6.82. The summed E-state index contributed by atoms with van der Waals surface area (Å²) in [6, 6.07) is 0. The van der Waals surface area contributed by atoms with Crippen molar-refractivity contribution in [1.29, 1.82) is 0 Å². The molecule has 230 valence electrons. The number of alkyl halides is 18. The third-order valence-corrected chi connectivity index (χ3v) is 3.75. The first-order chi connectivity index (χ1) is 16.6. The molecule has 0 saturated heterocycles. The molecular formula is C14H12F18O6. The van der Waals surface area contributed by atoms with Crippen LogP contribution in [0.2, 0.25) is 0 Å². The van der Waals surface area contributed by atoms with Crippen LogP contribution in [0.25, 0.3) is 0 Å². The molecule has 0 spiro atoms. The van der Waals surface area contributed by atoms with E-state index >= 15 is 0 Å². The molecule has 0 aromatic heterocycles. The summed E-state index contributed by atoms with van der Waals surface area (Å²) < 4.78 is 245. The minimum Gasteiger partial charge on any atom is -0.390 e. The lowest BCUT2D eigenvalue weighted by molar-refractivity contribution is -0.458. The van der Waals surface area contributed by atoms with Crippen molar-refractivity contribution in [3.63, 3.8) is 0 Å². The molecule has 0 aromatic carbocycles. The predicted molar refractivity (Wildman–Crippen MR) is 77.6 cm³/mol. The second-order valence-corrected chi connectivity index (χ2v) is 6.60. The molecule has 2 unspecified atom stereocenters. The molecule has 0 bridgehead atoms. The van der Waals surface area contributed by atoms with E-state index in [0.717, 1.165) is 0 Å². The van der Waals surface area contributed by atoms with E-state index in [0.29, 0.717) is 0 Å². The molecule has 2 atom stereocenters. The van der Waals surface area contributed by atoms with Gasteiger partial charge in [-0.05, 0) is 0 Å². The van der Waals surface area contributed by atoms with E-state index in [4.69, 9.17) is 10.2 Å². The van der Waals surface area contributed by atoms with Crippen molar-refractivity contribution < 1.29 is 108 Å². The highest BCUT2D eigenvalue weighted by Crippen LogP contribution is 2.49. The Hall–Kier alpha value is -1.50. The van der Waals surface area contributed by atoms with E-state index in [9.17, 15) is 79.0 Å². The van der Waals surface area contributed by atoms with Crippen molar-refractivity contribution in [2.75, 3.05) is 26.4 Å². The van der Waals surface area contributed by atoms with Crippen LogP contribution in [0.1, 0.15) is 0 Å². The molecule has 0 fully saturated rings. The molecule has 24 heteroatoms. The molecule has 0 aliphatic carbocycles. The van der Waals surface area contributed by atoms with Crippen molar-refractivity contribution in [1.82, 2.24) is 0 Å². The summed E-state index contributed by atoms with van der Waals surface area (Å²) in [5.74, 6) is -25.8.